The Labute approximate surface area is 198 Å². The molecule has 2 aromatic rings. The molecule has 1 fully saturated rings. The van der Waals surface area contributed by atoms with Gasteiger partial charge in [-0.2, -0.15) is 4.31 Å². The third-order valence-corrected chi connectivity index (χ3v) is 7.78. The van der Waals surface area contributed by atoms with Crippen molar-refractivity contribution in [2.75, 3.05) is 32.1 Å². The number of carbonyl (C=O) groups is 2. The van der Waals surface area contributed by atoms with E-state index in [1.807, 2.05) is 0 Å². The van der Waals surface area contributed by atoms with Crippen LogP contribution in [0.3, 0.4) is 0 Å². The summed E-state index contributed by atoms with van der Waals surface area (Å²) in [5, 5.41) is 2.87. The van der Waals surface area contributed by atoms with Gasteiger partial charge < -0.3 is 14.8 Å². The summed E-state index contributed by atoms with van der Waals surface area (Å²) >= 11 is 6.07. The number of amides is 1. The van der Waals surface area contributed by atoms with Crippen LogP contribution in [0.1, 0.15) is 32.3 Å². The number of carbonyl (C=O) groups excluding carboxylic acids is 2. The number of hydrogen-bond donors (Lipinski definition) is 1. The predicted octanol–water partition coefficient (Wildman–Crippen LogP) is 3.59. The minimum atomic E-state index is -3.94. The maximum absolute atomic E-state index is 13.0. The van der Waals surface area contributed by atoms with E-state index in [9.17, 15) is 18.0 Å². The molecule has 1 saturated carbocycles. The van der Waals surface area contributed by atoms with E-state index in [1.54, 1.807) is 38.1 Å². The molecule has 10 heteroatoms. The Morgan fingerprint density at radius 3 is 2.30 bits per heavy atom. The fourth-order valence-corrected chi connectivity index (χ4v) is 5.32. The molecule has 0 unspecified atom stereocenters. The Bertz CT molecular complexity index is 1130. The zero-order valence-corrected chi connectivity index (χ0v) is 20.3. The minimum Gasteiger partial charge on any atom is -0.495 e. The molecule has 178 valence electrons. The van der Waals surface area contributed by atoms with Crippen molar-refractivity contribution in [1.29, 1.82) is 0 Å². The van der Waals surface area contributed by atoms with E-state index in [2.05, 4.69) is 5.32 Å². The van der Waals surface area contributed by atoms with Gasteiger partial charge in [-0.15, -0.1) is 0 Å². The van der Waals surface area contributed by atoms with Gasteiger partial charge in [0.05, 0.1) is 35.6 Å². The molecule has 1 amide bonds. The zero-order chi connectivity index (χ0) is 24.2. The van der Waals surface area contributed by atoms with Crippen molar-refractivity contribution in [3.05, 3.63) is 53.1 Å². The molecule has 0 bridgehead atoms. The van der Waals surface area contributed by atoms with Crippen LogP contribution >= 0.6 is 11.6 Å². The largest absolute Gasteiger partial charge is 0.495 e. The van der Waals surface area contributed by atoms with Gasteiger partial charge in [-0.05, 0) is 55.7 Å². The number of sulfonamides is 1. The summed E-state index contributed by atoms with van der Waals surface area (Å²) < 4.78 is 37.3. The van der Waals surface area contributed by atoms with E-state index in [0.717, 1.165) is 22.7 Å². The molecule has 0 atom stereocenters. The SMILES string of the molecule is CCOC(=O)C1(c2ccc(NC(=O)CN(CC)S(=O)(=O)c3ccc(OC)c(Cl)c3)cc2)CC1. The maximum Gasteiger partial charge on any atom is 0.316 e. The van der Waals surface area contributed by atoms with Gasteiger partial charge in [0.1, 0.15) is 5.75 Å². The van der Waals surface area contributed by atoms with Gasteiger partial charge in [0, 0.05) is 12.2 Å². The molecular formula is C23H27ClN2O6S. The molecule has 0 aliphatic heterocycles. The monoisotopic (exact) mass is 494 g/mol. The molecule has 0 radical (unpaired) electrons. The van der Waals surface area contributed by atoms with Gasteiger partial charge in [0.2, 0.25) is 15.9 Å². The Kier molecular flexibility index (Phi) is 7.66. The van der Waals surface area contributed by atoms with Gasteiger partial charge in [0.25, 0.3) is 0 Å². The number of hydrogen-bond acceptors (Lipinski definition) is 6. The number of ether oxygens (including phenoxy) is 2. The number of esters is 1. The van der Waals surface area contributed by atoms with Crippen LogP contribution in [0.4, 0.5) is 5.69 Å². The molecule has 0 saturated heterocycles. The number of nitrogens with zero attached hydrogens (tertiary/aromatic N) is 1. The first kappa shape index (κ1) is 25.0. The number of benzene rings is 2. The third-order valence-electron chi connectivity index (χ3n) is 5.57. The van der Waals surface area contributed by atoms with Gasteiger partial charge in [-0.3, -0.25) is 9.59 Å². The van der Waals surface area contributed by atoms with Crippen LogP contribution in [0.5, 0.6) is 5.75 Å². The first-order valence-electron chi connectivity index (χ1n) is 10.6. The highest BCUT2D eigenvalue weighted by molar-refractivity contribution is 7.89. The van der Waals surface area contributed by atoms with Crippen LogP contribution in [0.25, 0.3) is 0 Å². The van der Waals surface area contributed by atoms with Gasteiger partial charge >= 0.3 is 5.97 Å². The van der Waals surface area contributed by atoms with E-state index < -0.39 is 21.3 Å². The number of rotatable bonds is 10. The normalized spacial score (nSPS) is 14.6. The van der Waals surface area contributed by atoms with E-state index >= 15 is 0 Å². The summed E-state index contributed by atoms with van der Waals surface area (Å²) in [5.74, 6) is -0.362. The number of methoxy groups -OCH3 is 1. The van der Waals surface area contributed by atoms with Crippen molar-refractivity contribution >= 4 is 39.2 Å². The minimum absolute atomic E-state index is 0.0269. The van der Waals surface area contributed by atoms with Crippen molar-refractivity contribution in [2.45, 2.75) is 37.0 Å². The number of likely N-dealkylation sites (N-methyl/N-ethyl adjacent to an activating group) is 1. The van der Waals surface area contributed by atoms with Gasteiger partial charge in [0.15, 0.2) is 0 Å². The van der Waals surface area contributed by atoms with Crippen LogP contribution in [0, 0.1) is 0 Å². The smallest absolute Gasteiger partial charge is 0.316 e. The predicted molar refractivity (Wildman–Crippen MR) is 125 cm³/mol. The Morgan fingerprint density at radius 1 is 1.12 bits per heavy atom. The van der Waals surface area contributed by atoms with Gasteiger partial charge in [-0.25, -0.2) is 8.42 Å². The Morgan fingerprint density at radius 2 is 1.79 bits per heavy atom. The molecule has 8 nitrogen and oxygen atoms in total. The Balaban J connectivity index is 1.68. The standard InChI is InChI=1S/C23H27ClN2O6S/c1-4-26(33(29,30)18-10-11-20(31-3)19(24)14-18)15-21(27)25-17-8-6-16(7-9-17)23(12-13-23)22(28)32-5-2/h6-11,14H,4-5,12-13,15H2,1-3H3,(H,25,27). The summed E-state index contributed by atoms with van der Waals surface area (Å²) in [6.07, 6.45) is 1.46. The van der Waals surface area contributed by atoms with Gasteiger partial charge in [-0.1, -0.05) is 30.7 Å². The molecule has 0 heterocycles. The Hall–Kier alpha value is -2.62. The number of anilines is 1. The van der Waals surface area contributed by atoms with E-state index in [4.69, 9.17) is 21.1 Å². The van der Waals surface area contributed by atoms with E-state index in [0.29, 0.717) is 18.0 Å². The van der Waals surface area contributed by atoms with Crippen LogP contribution < -0.4 is 10.1 Å². The van der Waals surface area contributed by atoms with Crippen molar-refractivity contribution in [2.24, 2.45) is 0 Å². The maximum atomic E-state index is 13.0. The lowest BCUT2D eigenvalue weighted by atomic mass is 9.96. The molecule has 1 aliphatic rings. The fraction of sp³-hybridized carbons (Fsp3) is 0.391. The highest BCUT2D eigenvalue weighted by Crippen LogP contribution is 2.49. The molecule has 1 aliphatic carbocycles. The lowest BCUT2D eigenvalue weighted by molar-refractivity contribution is -0.146. The summed E-state index contributed by atoms with van der Waals surface area (Å²) in [6, 6.07) is 11.1. The second-order valence-electron chi connectivity index (χ2n) is 7.66. The molecular weight excluding hydrogens is 468 g/mol. The van der Waals surface area contributed by atoms with E-state index in [1.165, 1.54) is 25.3 Å². The summed E-state index contributed by atoms with van der Waals surface area (Å²) in [5.41, 5.74) is 0.753. The molecule has 3 rings (SSSR count). The number of halogens is 1. The summed E-state index contributed by atoms with van der Waals surface area (Å²) in [7, 11) is -2.50. The van der Waals surface area contributed by atoms with E-state index in [-0.39, 0.29) is 29.0 Å². The van der Waals surface area contributed by atoms with Crippen molar-refractivity contribution in [1.82, 2.24) is 4.31 Å². The van der Waals surface area contributed by atoms with Crippen LogP contribution in [0.15, 0.2) is 47.4 Å². The highest BCUT2D eigenvalue weighted by atomic mass is 35.5. The molecule has 33 heavy (non-hydrogen) atoms. The summed E-state index contributed by atoms with van der Waals surface area (Å²) in [4.78, 5) is 24.8. The molecule has 0 spiro atoms. The lowest BCUT2D eigenvalue weighted by Gasteiger charge is -2.20. The van der Waals surface area contributed by atoms with Crippen molar-refractivity contribution in [3.8, 4) is 5.75 Å². The second kappa shape index (κ2) is 10.1. The molecule has 0 aromatic heterocycles. The average molecular weight is 495 g/mol. The van der Waals surface area contributed by atoms with Crippen LogP contribution in [0.2, 0.25) is 5.02 Å². The average Bonchev–Trinajstić information content (AvgIpc) is 3.60. The lowest BCUT2D eigenvalue weighted by Crippen LogP contribution is -2.37. The topological polar surface area (TPSA) is 102 Å². The molecule has 2 aromatic carbocycles. The van der Waals surface area contributed by atoms with Crippen molar-refractivity contribution in [3.63, 3.8) is 0 Å². The third kappa shape index (κ3) is 5.31. The molecule has 1 N–H and O–H groups in total. The first-order chi connectivity index (χ1) is 15.7. The van der Waals surface area contributed by atoms with Crippen molar-refractivity contribution < 1.29 is 27.5 Å². The quantitative estimate of drug-likeness (QED) is 0.506. The highest BCUT2D eigenvalue weighted by Gasteiger charge is 2.52. The fourth-order valence-electron chi connectivity index (χ4n) is 3.56. The zero-order valence-electron chi connectivity index (χ0n) is 18.8. The number of nitrogens with one attached hydrogen (secondary N) is 1. The van der Waals surface area contributed by atoms with Crippen LogP contribution in [-0.2, 0) is 29.8 Å². The first-order valence-corrected chi connectivity index (χ1v) is 12.4. The summed E-state index contributed by atoms with van der Waals surface area (Å²) in [6.45, 7) is 3.48. The van der Waals surface area contributed by atoms with Crippen LogP contribution in [-0.4, -0.2) is 51.4 Å². The second-order valence-corrected chi connectivity index (χ2v) is 10.0.